The minimum atomic E-state index is -0.252. The first-order valence-electron chi connectivity index (χ1n) is 5.46. The van der Waals surface area contributed by atoms with Gasteiger partial charge in [-0.15, -0.1) is 0 Å². The highest BCUT2D eigenvalue weighted by atomic mass is 35.5. The van der Waals surface area contributed by atoms with Gasteiger partial charge in [0.05, 0.1) is 7.11 Å². The fourth-order valence-electron chi connectivity index (χ4n) is 1.62. The first-order chi connectivity index (χ1) is 8.70. The van der Waals surface area contributed by atoms with Crippen molar-refractivity contribution in [2.24, 2.45) is 0 Å². The van der Waals surface area contributed by atoms with E-state index in [0.29, 0.717) is 17.9 Å². The predicted octanol–water partition coefficient (Wildman–Crippen LogP) is 3.10. The van der Waals surface area contributed by atoms with Crippen molar-refractivity contribution in [3.63, 3.8) is 0 Å². The summed E-state index contributed by atoms with van der Waals surface area (Å²) in [5.74, 6) is -0.252. The van der Waals surface area contributed by atoms with Crippen molar-refractivity contribution in [2.45, 2.75) is 12.8 Å². The molecular weight excluding hydrogens is 254 g/mol. The highest BCUT2D eigenvalue weighted by Crippen LogP contribution is 2.24. The standard InChI is InChI=1S/C13H12ClNO3/c1-17-12(16)7-4-10-8-18-15-13(10)9-2-5-11(14)6-3-9/h2-3,5-6,8H,4,7H2,1H3. The fourth-order valence-corrected chi connectivity index (χ4v) is 1.75. The van der Waals surface area contributed by atoms with Gasteiger partial charge in [-0.25, -0.2) is 0 Å². The summed E-state index contributed by atoms with van der Waals surface area (Å²) < 4.78 is 9.56. The average Bonchev–Trinajstić information content (AvgIpc) is 2.85. The van der Waals surface area contributed by atoms with Crippen LogP contribution < -0.4 is 0 Å². The number of carbonyl (C=O) groups is 1. The zero-order chi connectivity index (χ0) is 13.0. The largest absolute Gasteiger partial charge is 0.469 e. The molecule has 0 fully saturated rings. The van der Waals surface area contributed by atoms with E-state index in [9.17, 15) is 4.79 Å². The third-order valence-corrected chi connectivity index (χ3v) is 2.84. The molecule has 0 bridgehead atoms. The van der Waals surface area contributed by atoms with Gasteiger partial charge < -0.3 is 9.26 Å². The molecule has 2 rings (SSSR count). The molecule has 1 aromatic heterocycles. The zero-order valence-corrected chi connectivity index (χ0v) is 10.6. The Bertz CT molecular complexity index is 533. The van der Waals surface area contributed by atoms with Crippen LogP contribution in [-0.2, 0) is 16.0 Å². The Labute approximate surface area is 109 Å². The Morgan fingerprint density at radius 1 is 1.39 bits per heavy atom. The molecule has 0 atom stereocenters. The number of hydrogen-bond acceptors (Lipinski definition) is 4. The van der Waals surface area contributed by atoms with E-state index >= 15 is 0 Å². The van der Waals surface area contributed by atoms with Gasteiger partial charge in [-0.3, -0.25) is 4.79 Å². The number of esters is 1. The monoisotopic (exact) mass is 265 g/mol. The van der Waals surface area contributed by atoms with Crippen molar-refractivity contribution in [3.8, 4) is 11.3 Å². The summed E-state index contributed by atoms with van der Waals surface area (Å²) in [6.07, 6.45) is 2.39. The SMILES string of the molecule is COC(=O)CCc1conc1-c1ccc(Cl)cc1. The maximum Gasteiger partial charge on any atom is 0.305 e. The molecule has 94 valence electrons. The van der Waals surface area contributed by atoms with Gasteiger partial charge in [0.2, 0.25) is 0 Å². The lowest BCUT2D eigenvalue weighted by Crippen LogP contribution is -2.02. The molecular formula is C13H12ClNO3. The molecule has 18 heavy (non-hydrogen) atoms. The van der Waals surface area contributed by atoms with Gasteiger partial charge in [0, 0.05) is 22.6 Å². The molecule has 4 nitrogen and oxygen atoms in total. The molecule has 0 aliphatic heterocycles. The van der Waals surface area contributed by atoms with Gasteiger partial charge in [0.1, 0.15) is 12.0 Å². The number of rotatable bonds is 4. The van der Waals surface area contributed by atoms with Crippen LogP contribution in [0.5, 0.6) is 0 Å². The van der Waals surface area contributed by atoms with Crippen molar-refractivity contribution in [1.29, 1.82) is 0 Å². The van der Waals surface area contributed by atoms with E-state index in [4.69, 9.17) is 16.1 Å². The van der Waals surface area contributed by atoms with E-state index in [2.05, 4.69) is 9.89 Å². The Kier molecular flexibility index (Phi) is 3.99. The molecule has 0 amide bonds. The van der Waals surface area contributed by atoms with Crippen molar-refractivity contribution in [2.75, 3.05) is 7.11 Å². The third kappa shape index (κ3) is 2.90. The minimum Gasteiger partial charge on any atom is -0.469 e. The van der Waals surface area contributed by atoms with Crippen LogP contribution in [-0.4, -0.2) is 18.2 Å². The van der Waals surface area contributed by atoms with Crippen LogP contribution in [0, 0.1) is 0 Å². The second kappa shape index (κ2) is 5.69. The predicted molar refractivity (Wildman–Crippen MR) is 67.3 cm³/mol. The van der Waals surface area contributed by atoms with Crippen LogP contribution in [0.25, 0.3) is 11.3 Å². The molecule has 2 aromatic rings. The number of benzene rings is 1. The van der Waals surface area contributed by atoms with Gasteiger partial charge in [0.15, 0.2) is 0 Å². The van der Waals surface area contributed by atoms with Crippen molar-refractivity contribution in [3.05, 3.63) is 41.1 Å². The number of ether oxygens (including phenoxy) is 1. The van der Waals surface area contributed by atoms with Crippen LogP contribution in [0.1, 0.15) is 12.0 Å². The molecule has 1 aromatic carbocycles. The normalized spacial score (nSPS) is 10.3. The van der Waals surface area contributed by atoms with Gasteiger partial charge in [0.25, 0.3) is 0 Å². The summed E-state index contributed by atoms with van der Waals surface area (Å²) in [7, 11) is 1.37. The van der Waals surface area contributed by atoms with Crippen molar-refractivity contribution >= 4 is 17.6 Å². The lowest BCUT2D eigenvalue weighted by Gasteiger charge is -2.01. The number of aryl methyl sites for hydroxylation is 1. The number of halogens is 1. The maximum absolute atomic E-state index is 11.1. The summed E-state index contributed by atoms with van der Waals surface area (Å²) in [5.41, 5.74) is 2.52. The molecule has 0 radical (unpaired) electrons. The van der Waals surface area contributed by atoms with E-state index in [1.807, 2.05) is 12.1 Å². The topological polar surface area (TPSA) is 52.3 Å². The summed E-state index contributed by atoms with van der Waals surface area (Å²) >= 11 is 5.83. The van der Waals surface area contributed by atoms with Crippen LogP contribution in [0.3, 0.4) is 0 Å². The van der Waals surface area contributed by atoms with Crippen molar-refractivity contribution < 1.29 is 14.1 Å². The molecule has 1 heterocycles. The highest BCUT2D eigenvalue weighted by molar-refractivity contribution is 6.30. The Morgan fingerprint density at radius 3 is 2.78 bits per heavy atom. The van der Waals surface area contributed by atoms with E-state index in [-0.39, 0.29) is 5.97 Å². The number of methoxy groups -OCH3 is 1. The fraction of sp³-hybridized carbons (Fsp3) is 0.231. The number of nitrogens with zero attached hydrogens (tertiary/aromatic N) is 1. The zero-order valence-electron chi connectivity index (χ0n) is 9.85. The van der Waals surface area contributed by atoms with Gasteiger partial charge >= 0.3 is 5.97 Å². The Hall–Kier alpha value is -1.81. The summed E-state index contributed by atoms with van der Waals surface area (Å²) in [4.78, 5) is 11.1. The third-order valence-electron chi connectivity index (χ3n) is 2.59. The molecule has 0 aliphatic rings. The Morgan fingerprint density at radius 2 is 2.11 bits per heavy atom. The minimum absolute atomic E-state index is 0.252. The molecule has 5 heteroatoms. The second-order valence-corrected chi connectivity index (χ2v) is 4.21. The summed E-state index contributed by atoms with van der Waals surface area (Å²) in [6.45, 7) is 0. The van der Waals surface area contributed by atoms with Crippen LogP contribution >= 0.6 is 11.6 Å². The molecule has 0 saturated carbocycles. The molecule has 0 aliphatic carbocycles. The Balaban J connectivity index is 2.17. The second-order valence-electron chi connectivity index (χ2n) is 3.77. The molecule has 0 spiro atoms. The number of hydrogen-bond donors (Lipinski definition) is 0. The van der Waals surface area contributed by atoms with Crippen LogP contribution in [0.4, 0.5) is 0 Å². The van der Waals surface area contributed by atoms with Gasteiger partial charge in [-0.05, 0) is 18.6 Å². The van der Waals surface area contributed by atoms with E-state index in [1.165, 1.54) is 7.11 Å². The smallest absolute Gasteiger partial charge is 0.305 e. The van der Waals surface area contributed by atoms with Gasteiger partial charge in [-0.1, -0.05) is 28.9 Å². The van der Waals surface area contributed by atoms with E-state index < -0.39 is 0 Å². The van der Waals surface area contributed by atoms with E-state index in [1.54, 1.807) is 18.4 Å². The summed E-state index contributed by atoms with van der Waals surface area (Å²) in [5, 5.41) is 4.61. The lowest BCUT2D eigenvalue weighted by atomic mass is 10.1. The van der Waals surface area contributed by atoms with E-state index in [0.717, 1.165) is 16.8 Å². The first kappa shape index (κ1) is 12.6. The number of carbonyl (C=O) groups excluding carboxylic acids is 1. The first-order valence-corrected chi connectivity index (χ1v) is 5.84. The molecule has 0 N–H and O–H groups in total. The lowest BCUT2D eigenvalue weighted by molar-refractivity contribution is -0.140. The average molecular weight is 266 g/mol. The van der Waals surface area contributed by atoms with Crippen molar-refractivity contribution in [1.82, 2.24) is 5.16 Å². The maximum atomic E-state index is 11.1. The highest BCUT2D eigenvalue weighted by Gasteiger charge is 2.12. The van der Waals surface area contributed by atoms with Gasteiger partial charge in [-0.2, -0.15) is 0 Å². The summed E-state index contributed by atoms with van der Waals surface area (Å²) in [6, 6.07) is 7.30. The molecule has 0 saturated heterocycles. The molecule has 0 unspecified atom stereocenters. The van der Waals surface area contributed by atoms with Crippen LogP contribution in [0.2, 0.25) is 5.02 Å². The quantitative estimate of drug-likeness (QED) is 0.797. The number of aromatic nitrogens is 1. The van der Waals surface area contributed by atoms with Crippen LogP contribution in [0.15, 0.2) is 35.1 Å².